The SMILES string of the molecule is CCNCc1nnc(Nc2c(F)ccc(C)c2F)o1. The Morgan fingerprint density at radius 2 is 2.05 bits per heavy atom. The number of nitrogens with zero attached hydrogens (tertiary/aromatic N) is 2. The van der Waals surface area contributed by atoms with Gasteiger partial charge in [0, 0.05) is 0 Å². The summed E-state index contributed by atoms with van der Waals surface area (Å²) in [7, 11) is 0. The van der Waals surface area contributed by atoms with Gasteiger partial charge >= 0.3 is 6.01 Å². The molecule has 102 valence electrons. The normalized spacial score (nSPS) is 10.7. The number of hydrogen-bond donors (Lipinski definition) is 2. The van der Waals surface area contributed by atoms with Crippen LogP contribution in [0.4, 0.5) is 20.5 Å². The molecule has 2 rings (SSSR count). The molecule has 0 amide bonds. The first-order chi connectivity index (χ1) is 9.11. The zero-order valence-electron chi connectivity index (χ0n) is 10.6. The first-order valence-corrected chi connectivity index (χ1v) is 5.86. The summed E-state index contributed by atoms with van der Waals surface area (Å²) in [6, 6.07) is 2.49. The minimum absolute atomic E-state index is 0.0451. The molecule has 1 heterocycles. The number of rotatable bonds is 5. The van der Waals surface area contributed by atoms with Gasteiger partial charge in [0.25, 0.3) is 0 Å². The van der Waals surface area contributed by atoms with E-state index in [1.165, 1.54) is 12.1 Å². The summed E-state index contributed by atoms with van der Waals surface area (Å²) in [5.41, 5.74) is 0.0370. The van der Waals surface area contributed by atoms with Crippen LogP contribution in [0.1, 0.15) is 18.4 Å². The van der Waals surface area contributed by atoms with Crippen molar-refractivity contribution in [3.63, 3.8) is 0 Å². The van der Waals surface area contributed by atoms with Crippen LogP contribution in [0.2, 0.25) is 0 Å². The Kier molecular flexibility index (Phi) is 4.06. The predicted molar refractivity (Wildman–Crippen MR) is 66.1 cm³/mol. The fraction of sp³-hybridized carbons (Fsp3) is 0.333. The maximum Gasteiger partial charge on any atom is 0.320 e. The van der Waals surface area contributed by atoms with Crippen LogP contribution in [0, 0.1) is 18.6 Å². The third-order valence-electron chi connectivity index (χ3n) is 2.51. The largest absolute Gasteiger partial charge is 0.406 e. The van der Waals surface area contributed by atoms with Gasteiger partial charge in [-0.05, 0) is 25.1 Å². The highest BCUT2D eigenvalue weighted by molar-refractivity contribution is 5.55. The summed E-state index contributed by atoms with van der Waals surface area (Å²) < 4.78 is 32.5. The molecule has 0 bridgehead atoms. The zero-order chi connectivity index (χ0) is 13.8. The Bertz CT molecular complexity index is 571. The Morgan fingerprint density at radius 1 is 1.26 bits per heavy atom. The van der Waals surface area contributed by atoms with Crippen molar-refractivity contribution in [3.8, 4) is 0 Å². The van der Waals surface area contributed by atoms with Crippen molar-refractivity contribution in [1.82, 2.24) is 15.5 Å². The molecule has 2 N–H and O–H groups in total. The Morgan fingerprint density at radius 3 is 2.79 bits per heavy atom. The summed E-state index contributed by atoms with van der Waals surface area (Å²) in [6.07, 6.45) is 0. The molecular weight excluding hydrogens is 254 g/mol. The molecule has 19 heavy (non-hydrogen) atoms. The fourth-order valence-corrected chi connectivity index (χ4v) is 1.49. The summed E-state index contributed by atoms with van der Waals surface area (Å²) >= 11 is 0. The van der Waals surface area contributed by atoms with Gasteiger partial charge in [0.05, 0.1) is 6.54 Å². The molecule has 0 aliphatic carbocycles. The molecule has 0 radical (unpaired) electrons. The molecule has 5 nitrogen and oxygen atoms in total. The molecule has 0 aliphatic rings. The lowest BCUT2D eigenvalue weighted by atomic mass is 10.2. The standard InChI is InChI=1S/C12H14F2N4O/c1-3-15-6-9-17-18-12(19-9)16-11-8(13)5-4-7(2)10(11)14/h4-5,15H,3,6H2,1-2H3,(H,16,18). The number of aryl methyl sites for hydroxylation is 1. The van der Waals surface area contributed by atoms with Gasteiger partial charge in [-0.15, -0.1) is 5.10 Å². The molecule has 2 aromatic rings. The van der Waals surface area contributed by atoms with E-state index in [1.54, 1.807) is 6.92 Å². The third-order valence-corrected chi connectivity index (χ3v) is 2.51. The van der Waals surface area contributed by atoms with Crippen LogP contribution < -0.4 is 10.6 Å². The molecular formula is C12H14F2N4O. The van der Waals surface area contributed by atoms with Gasteiger partial charge < -0.3 is 15.1 Å². The van der Waals surface area contributed by atoms with Crippen molar-refractivity contribution in [2.75, 3.05) is 11.9 Å². The average Bonchev–Trinajstić information content (AvgIpc) is 2.84. The summed E-state index contributed by atoms with van der Waals surface area (Å²) in [5.74, 6) is -1.04. The molecule has 0 aliphatic heterocycles. The smallest absolute Gasteiger partial charge is 0.320 e. The van der Waals surface area contributed by atoms with Crippen LogP contribution in [0.15, 0.2) is 16.5 Å². The molecule has 0 fully saturated rings. The second kappa shape index (κ2) is 5.75. The van der Waals surface area contributed by atoms with Crippen molar-refractivity contribution in [2.45, 2.75) is 20.4 Å². The lowest BCUT2D eigenvalue weighted by Crippen LogP contribution is -2.11. The van der Waals surface area contributed by atoms with E-state index in [2.05, 4.69) is 20.8 Å². The van der Waals surface area contributed by atoms with E-state index in [1.807, 2.05) is 6.92 Å². The van der Waals surface area contributed by atoms with Crippen molar-refractivity contribution >= 4 is 11.7 Å². The zero-order valence-corrected chi connectivity index (χ0v) is 10.6. The third kappa shape index (κ3) is 3.05. The number of halogens is 2. The molecule has 0 saturated heterocycles. The first kappa shape index (κ1) is 13.4. The maximum absolute atomic E-state index is 13.8. The van der Waals surface area contributed by atoms with Crippen LogP contribution >= 0.6 is 0 Å². The van der Waals surface area contributed by atoms with Gasteiger partial charge in [-0.25, -0.2) is 8.78 Å². The maximum atomic E-state index is 13.8. The highest BCUT2D eigenvalue weighted by Crippen LogP contribution is 2.24. The van der Waals surface area contributed by atoms with E-state index in [9.17, 15) is 8.78 Å². The van der Waals surface area contributed by atoms with Crippen molar-refractivity contribution in [1.29, 1.82) is 0 Å². The van der Waals surface area contributed by atoms with Gasteiger partial charge in [0.2, 0.25) is 5.89 Å². The molecule has 7 heteroatoms. The lowest BCUT2D eigenvalue weighted by Gasteiger charge is -2.06. The summed E-state index contributed by atoms with van der Waals surface area (Å²) in [6.45, 7) is 4.65. The molecule has 0 spiro atoms. The highest BCUT2D eigenvalue weighted by atomic mass is 19.1. The van der Waals surface area contributed by atoms with Crippen LogP contribution in [-0.4, -0.2) is 16.7 Å². The summed E-state index contributed by atoms with van der Waals surface area (Å²) in [4.78, 5) is 0. The van der Waals surface area contributed by atoms with E-state index < -0.39 is 11.6 Å². The van der Waals surface area contributed by atoms with Crippen LogP contribution in [0.25, 0.3) is 0 Å². The minimum Gasteiger partial charge on any atom is -0.406 e. The predicted octanol–water partition coefficient (Wildman–Crippen LogP) is 2.51. The van der Waals surface area contributed by atoms with Gasteiger partial charge in [0.15, 0.2) is 5.82 Å². The first-order valence-electron chi connectivity index (χ1n) is 5.86. The molecule has 0 saturated carbocycles. The molecule has 0 unspecified atom stereocenters. The summed E-state index contributed by atoms with van der Waals surface area (Å²) in [5, 5.41) is 12.9. The quantitative estimate of drug-likeness (QED) is 0.872. The van der Waals surface area contributed by atoms with E-state index in [4.69, 9.17) is 4.42 Å². The van der Waals surface area contributed by atoms with Gasteiger partial charge in [-0.3, -0.25) is 0 Å². The molecule has 1 aromatic carbocycles. The number of benzene rings is 1. The van der Waals surface area contributed by atoms with E-state index in [0.717, 1.165) is 6.54 Å². The Hall–Kier alpha value is -2.02. The number of nitrogens with one attached hydrogen (secondary N) is 2. The van der Waals surface area contributed by atoms with Crippen molar-refractivity contribution in [2.24, 2.45) is 0 Å². The monoisotopic (exact) mass is 268 g/mol. The second-order valence-corrected chi connectivity index (χ2v) is 3.96. The minimum atomic E-state index is -0.713. The average molecular weight is 268 g/mol. The fourth-order valence-electron chi connectivity index (χ4n) is 1.49. The van der Waals surface area contributed by atoms with Gasteiger partial charge in [-0.1, -0.05) is 18.1 Å². The highest BCUT2D eigenvalue weighted by Gasteiger charge is 2.14. The lowest BCUT2D eigenvalue weighted by molar-refractivity contribution is 0.482. The van der Waals surface area contributed by atoms with Crippen LogP contribution in [-0.2, 0) is 6.54 Å². The van der Waals surface area contributed by atoms with Crippen molar-refractivity contribution < 1.29 is 13.2 Å². The van der Waals surface area contributed by atoms with E-state index in [-0.39, 0.29) is 11.7 Å². The van der Waals surface area contributed by atoms with E-state index >= 15 is 0 Å². The van der Waals surface area contributed by atoms with Crippen LogP contribution in [0.5, 0.6) is 0 Å². The van der Waals surface area contributed by atoms with Gasteiger partial charge in [-0.2, -0.15) is 0 Å². The van der Waals surface area contributed by atoms with E-state index in [0.29, 0.717) is 18.0 Å². The number of hydrogen-bond acceptors (Lipinski definition) is 5. The molecule has 1 aromatic heterocycles. The molecule has 0 atom stereocenters. The second-order valence-electron chi connectivity index (χ2n) is 3.96. The topological polar surface area (TPSA) is 63.0 Å². The number of anilines is 2. The number of aromatic nitrogens is 2. The van der Waals surface area contributed by atoms with Crippen LogP contribution in [0.3, 0.4) is 0 Å². The van der Waals surface area contributed by atoms with Gasteiger partial charge in [0.1, 0.15) is 11.5 Å². The Labute approximate surface area is 109 Å². The Balaban J connectivity index is 2.17. The van der Waals surface area contributed by atoms with Crippen molar-refractivity contribution in [3.05, 3.63) is 35.2 Å².